The Balaban J connectivity index is 1.47. The molecule has 6 nitrogen and oxygen atoms in total. The fourth-order valence-corrected chi connectivity index (χ4v) is 3.85. The first-order valence-corrected chi connectivity index (χ1v) is 9.50. The number of methoxy groups -OCH3 is 1. The van der Waals surface area contributed by atoms with Crippen molar-refractivity contribution in [2.45, 2.75) is 25.5 Å². The highest BCUT2D eigenvalue weighted by Crippen LogP contribution is 2.37. The summed E-state index contributed by atoms with van der Waals surface area (Å²) in [7, 11) is 1.67. The smallest absolute Gasteiger partial charge is 0.164 e. The first kappa shape index (κ1) is 18.1. The minimum absolute atomic E-state index is 0.186. The van der Waals surface area contributed by atoms with Gasteiger partial charge in [0.05, 0.1) is 26.4 Å². The molecule has 1 fully saturated rings. The highest BCUT2D eigenvalue weighted by atomic mass is 16.5. The molecule has 2 aliphatic heterocycles. The molecule has 3 heterocycles. The van der Waals surface area contributed by atoms with E-state index in [-0.39, 0.29) is 12.0 Å². The fraction of sp³-hybridized carbons (Fsp3) is 0.476. The van der Waals surface area contributed by atoms with Crippen molar-refractivity contribution in [1.82, 2.24) is 9.88 Å². The van der Waals surface area contributed by atoms with Crippen LogP contribution in [0.25, 0.3) is 0 Å². The molecule has 4 rings (SSSR count). The molecule has 27 heavy (non-hydrogen) atoms. The number of rotatable bonds is 5. The van der Waals surface area contributed by atoms with Gasteiger partial charge in [0.1, 0.15) is 5.75 Å². The number of β-amino-alcohol motifs (C(OH)–C–C–N with tert-alkyl or cyclic N) is 1. The van der Waals surface area contributed by atoms with Gasteiger partial charge in [-0.3, -0.25) is 9.88 Å². The summed E-state index contributed by atoms with van der Waals surface area (Å²) in [4.78, 5) is 6.65. The molecule has 0 saturated carbocycles. The van der Waals surface area contributed by atoms with Gasteiger partial charge >= 0.3 is 0 Å². The van der Waals surface area contributed by atoms with E-state index in [1.54, 1.807) is 13.3 Å². The lowest BCUT2D eigenvalue weighted by atomic mass is 10.00. The van der Waals surface area contributed by atoms with E-state index in [9.17, 15) is 5.11 Å². The number of hydrogen-bond acceptors (Lipinski definition) is 6. The second kappa shape index (κ2) is 8.15. The summed E-state index contributed by atoms with van der Waals surface area (Å²) < 4.78 is 17.1. The Morgan fingerprint density at radius 1 is 1.19 bits per heavy atom. The number of likely N-dealkylation sites (tertiary alicyclic amines) is 1. The maximum Gasteiger partial charge on any atom is 0.164 e. The standard InChI is InChI=1S/C21H26N2O4/c1-25-19-11-21-20(26-7-4-8-27-21)10-16(19)13-23-12-15(18(24)14-23)9-17-5-2-3-6-22-17/h2-3,5-6,10-11,15,18,24H,4,7-9,12-14H2,1H3/t15-,18-/m1/s1. The van der Waals surface area contributed by atoms with Crippen molar-refractivity contribution < 1.29 is 19.3 Å². The van der Waals surface area contributed by atoms with Crippen LogP contribution in [0.15, 0.2) is 36.5 Å². The summed E-state index contributed by atoms with van der Waals surface area (Å²) >= 11 is 0. The number of hydrogen-bond donors (Lipinski definition) is 1. The Hall–Kier alpha value is -2.31. The molecule has 0 aliphatic carbocycles. The van der Waals surface area contributed by atoms with Crippen LogP contribution in [0, 0.1) is 5.92 Å². The van der Waals surface area contributed by atoms with Crippen LogP contribution >= 0.6 is 0 Å². The van der Waals surface area contributed by atoms with Crippen LogP contribution < -0.4 is 14.2 Å². The summed E-state index contributed by atoms with van der Waals surface area (Å²) in [6, 6.07) is 9.84. The van der Waals surface area contributed by atoms with E-state index < -0.39 is 0 Å². The lowest BCUT2D eigenvalue weighted by molar-refractivity contribution is 0.140. The van der Waals surface area contributed by atoms with E-state index >= 15 is 0 Å². The molecular weight excluding hydrogens is 344 g/mol. The van der Waals surface area contributed by atoms with Crippen LogP contribution in [0.1, 0.15) is 17.7 Å². The van der Waals surface area contributed by atoms with Gasteiger partial charge in [-0.1, -0.05) is 6.07 Å². The van der Waals surface area contributed by atoms with Crippen molar-refractivity contribution >= 4 is 0 Å². The Kier molecular flexibility index (Phi) is 5.45. The number of aliphatic hydroxyl groups is 1. The third-order valence-corrected chi connectivity index (χ3v) is 5.22. The highest BCUT2D eigenvalue weighted by molar-refractivity contribution is 5.51. The van der Waals surface area contributed by atoms with Crippen LogP contribution in [-0.4, -0.2) is 54.5 Å². The lowest BCUT2D eigenvalue weighted by Gasteiger charge is -2.19. The third kappa shape index (κ3) is 4.17. The van der Waals surface area contributed by atoms with Crippen molar-refractivity contribution in [3.8, 4) is 17.2 Å². The van der Waals surface area contributed by atoms with E-state index in [2.05, 4.69) is 9.88 Å². The first-order chi connectivity index (χ1) is 13.2. The number of benzene rings is 1. The van der Waals surface area contributed by atoms with E-state index in [1.807, 2.05) is 30.3 Å². The maximum absolute atomic E-state index is 10.5. The minimum Gasteiger partial charge on any atom is -0.496 e. The lowest BCUT2D eigenvalue weighted by Crippen LogP contribution is -2.21. The molecule has 0 bridgehead atoms. The average molecular weight is 370 g/mol. The van der Waals surface area contributed by atoms with Crippen molar-refractivity contribution in [2.24, 2.45) is 5.92 Å². The number of aliphatic hydroxyl groups excluding tert-OH is 1. The molecule has 1 aromatic heterocycles. The number of fused-ring (bicyclic) bond motifs is 1. The summed E-state index contributed by atoms with van der Waals surface area (Å²) in [5.74, 6) is 2.49. The quantitative estimate of drug-likeness (QED) is 0.871. The Morgan fingerprint density at radius 3 is 2.74 bits per heavy atom. The second-order valence-corrected chi connectivity index (χ2v) is 7.21. The summed E-state index contributed by atoms with van der Waals surface area (Å²) in [5.41, 5.74) is 2.07. The van der Waals surface area contributed by atoms with Crippen LogP contribution in [0.3, 0.4) is 0 Å². The van der Waals surface area contributed by atoms with Gasteiger partial charge in [0, 0.05) is 55.5 Å². The molecule has 2 aromatic rings. The number of pyridine rings is 1. The number of ether oxygens (including phenoxy) is 3. The molecule has 6 heteroatoms. The molecule has 0 amide bonds. The predicted octanol–water partition coefficient (Wildman–Crippen LogP) is 2.29. The van der Waals surface area contributed by atoms with Gasteiger partial charge in [-0.15, -0.1) is 0 Å². The molecule has 1 N–H and O–H groups in total. The third-order valence-electron chi connectivity index (χ3n) is 5.22. The minimum atomic E-state index is -0.349. The average Bonchev–Trinajstić information content (AvgIpc) is 2.88. The number of nitrogens with zero attached hydrogens (tertiary/aromatic N) is 2. The highest BCUT2D eigenvalue weighted by Gasteiger charge is 2.32. The Labute approximate surface area is 159 Å². The van der Waals surface area contributed by atoms with Gasteiger partial charge in [0.2, 0.25) is 0 Å². The number of aromatic nitrogens is 1. The van der Waals surface area contributed by atoms with Gasteiger partial charge in [-0.2, -0.15) is 0 Å². The molecule has 1 saturated heterocycles. The summed E-state index contributed by atoms with van der Waals surface area (Å²) in [5, 5.41) is 10.5. The molecular formula is C21H26N2O4. The van der Waals surface area contributed by atoms with E-state index in [0.717, 1.165) is 47.9 Å². The summed E-state index contributed by atoms with van der Waals surface area (Å²) in [6.07, 6.45) is 3.12. The molecule has 0 unspecified atom stereocenters. The molecule has 1 aromatic carbocycles. The van der Waals surface area contributed by atoms with Crippen molar-refractivity contribution in [3.05, 3.63) is 47.8 Å². The molecule has 2 atom stereocenters. The molecule has 2 aliphatic rings. The monoisotopic (exact) mass is 370 g/mol. The molecule has 0 radical (unpaired) electrons. The second-order valence-electron chi connectivity index (χ2n) is 7.21. The fourth-order valence-electron chi connectivity index (χ4n) is 3.85. The van der Waals surface area contributed by atoms with Gasteiger partial charge < -0.3 is 19.3 Å². The van der Waals surface area contributed by atoms with E-state index in [1.165, 1.54) is 0 Å². The predicted molar refractivity (Wildman–Crippen MR) is 101 cm³/mol. The van der Waals surface area contributed by atoms with Crippen molar-refractivity contribution in [3.63, 3.8) is 0 Å². The van der Waals surface area contributed by atoms with Crippen LogP contribution in [0.4, 0.5) is 0 Å². The van der Waals surface area contributed by atoms with Gasteiger partial charge in [0.15, 0.2) is 11.5 Å². The zero-order valence-corrected chi connectivity index (χ0v) is 15.6. The van der Waals surface area contributed by atoms with E-state index in [0.29, 0.717) is 26.3 Å². The van der Waals surface area contributed by atoms with Crippen LogP contribution in [0.5, 0.6) is 17.2 Å². The maximum atomic E-state index is 10.5. The van der Waals surface area contributed by atoms with Crippen molar-refractivity contribution in [1.29, 1.82) is 0 Å². The zero-order valence-electron chi connectivity index (χ0n) is 15.6. The Morgan fingerprint density at radius 2 is 2.00 bits per heavy atom. The van der Waals surface area contributed by atoms with Crippen molar-refractivity contribution in [2.75, 3.05) is 33.4 Å². The van der Waals surface area contributed by atoms with Crippen LogP contribution in [0.2, 0.25) is 0 Å². The zero-order chi connectivity index (χ0) is 18.6. The van der Waals surface area contributed by atoms with Gasteiger partial charge in [-0.05, 0) is 24.6 Å². The normalized spacial score (nSPS) is 22.4. The topological polar surface area (TPSA) is 64.1 Å². The molecule has 144 valence electrons. The van der Waals surface area contributed by atoms with Crippen LogP contribution in [-0.2, 0) is 13.0 Å². The molecule has 0 spiro atoms. The van der Waals surface area contributed by atoms with Gasteiger partial charge in [0.25, 0.3) is 0 Å². The SMILES string of the molecule is COc1cc2c(cc1CN1C[C@@H](Cc3ccccn3)[C@H](O)C1)OCCCO2. The largest absolute Gasteiger partial charge is 0.496 e. The van der Waals surface area contributed by atoms with Gasteiger partial charge in [-0.25, -0.2) is 0 Å². The van der Waals surface area contributed by atoms with E-state index in [4.69, 9.17) is 14.2 Å². The first-order valence-electron chi connectivity index (χ1n) is 9.50. The summed E-state index contributed by atoms with van der Waals surface area (Å²) in [6.45, 7) is 3.50. The Bertz CT molecular complexity index is 768.